The van der Waals surface area contributed by atoms with Crippen molar-refractivity contribution in [3.8, 4) is 17.6 Å². The standard InChI is InChI=1S/C23H23N3O3S/c1-3-29-21-11-7-5-9-19(21)25-14-26-22(27)12-17(18(13-24)23(26)30-15-25)16-8-4-6-10-20(16)28-2/h4-11,17H,3,12,14-15H2,1-2H3/t17-/m0/s1. The quantitative estimate of drug-likeness (QED) is 0.717. The van der Waals surface area contributed by atoms with E-state index in [1.807, 2.05) is 55.5 Å². The first-order valence-corrected chi connectivity index (χ1v) is 10.8. The molecule has 0 unspecified atom stereocenters. The van der Waals surface area contributed by atoms with Crippen LogP contribution in [0.15, 0.2) is 59.1 Å². The summed E-state index contributed by atoms with van der Waals surface area (Å²) in [5, 5.41) is 10.7. The lowest BCUT2D eigenvalue weighted by molar-refractivity contribution is -0.129. The Bertz CT molecular complexity index is 1030. The number of hydrogen-bond acceptors (Lipinski definition) is 6. The molecular formula is C23H23N3O3S. The van der Waals surface area contributed by atoms with E-state index >= 15 is 0 Å². The zero-order valence-electron chi connectivity index (χ0n) is 17.0. The highest BCUT2D eigenvalue weighted by molar-refractivity contribution is 8.03. The molecule has 0 radical (unpaired) electrons. The minimum Gasteiger partial charge on any atom is -0.496 e. The molecule has 1 atom stereocenters. The van der Waals surface area contributed by atoms with E-state index < -0.39 is 0 Å². The van der Waals surface area contributed by atoms with Crippen molar-refractivity contribution >= 4 is 23.4 Å². The Labute approximate surface area is 180 Å². The molecule has 0 N–H and O–H groups in total. The van der Waals surface area contributed by atoms with E-state index in [-0.39, 0.29) is 18.2 Å². The van der Waals surface area contributed by atoms with Crippen molar-refractivity contribution < 1.29 is 14.3 Å². The van der Waals surface area contributed by atoms with Gasteiger partial charge in [0.05, 0.1) is 48.6 Å². The Morgan fingerprint density at radius 2 is 1.90 bits per heavy atom. The van der Waals surface area contributed by atoms with Crippen LogP contribution in [0.1, 0.15) is 24.8 Å². The van der Waals surface area contributed by atoms with Crippen LogP contribution in [0.25, 0.3) is 0 Å². The van der Waals surface area contributed by atoms with Crippen LogP contribution in [-0.4, -0.2) is 37.1 Å². The number of ether oxygens (including phenoxy) is 2. The summed E-state index contributed by atoms with van der Waals surface area (Å²) < 4.78 is 11.3. The van der Waals surface area contributed by atoms with Gasteiger partial charge in [0, 0.05) is 17.9 Å². The molecule has 0 spiro atoms. The van der Waals surface area contributed by atoms with Gasteiger partial charge in [-0.3, -0.25) is 9.69 Å². The number of nitriles is 1. The van der Waals surface area contributed by atoms with Crippen LogP contribution in [-0.2, 0) is 4.79 Å². The fraction of sp³-hybridized carbons (Fsp3) is 0.304. The molecular weight excluding hydrogens is 398 g/mol. The normalized spacial score (nSPS) is 18.7. The summed E-state index contributed by atoms with van der Waals surface area (Å²) in [5.41, 5.74) is 2.45. The predicted molar refractivity (Wildman–Crippen MR) is 117 cm³/mol. The molecule has 0 saturated carbocycles. The van der Waals surface area contributed by atoms with Gasteiger partial charge in [-0.05, 0) is 25.1 Å². The molecule has 6 nitrogen and oxygen atoms in total. The molecule has 2 aromatic carbocycles. The highest BCUT2D eigenvalue weighted by atomic mass is 32.2. The number of carbonyl (C=O) groups is 1. The number of benzene rings is 2. The fourth-order valence-electron chi connectivity index (χ4n) is 3.93. The topological polar surface area (TPSA) is 65.8 Å². The van der Waals surface area contributed by atoms with Crippen LogP contribution in [0.2, 0.25) is 0 Å². The zero-order chi connectivity index (χ0) is 21.1. The Balaban J connectivity index is 1.68. The van der Waals surface area contributed by atoms with Crippen LogP contribution in [0.4, 0.5) is 5.69 Å². The second kappa shape index (κ2) is 8.72. The average molecular weight is 422 g/mol. The second-order valence-electron chi connectivity index (χ2n) is 7.01. The molecule has 1 amide bonds. The Hall–Kier alpha value is -3.11. The number of amides is 1. The van der Waals surface area contributed by atoms with Crippen molar-refractivity contribution in [1.29, 1.82) is 5.26 Å². The number of nitrogens with zero attached hydrogens (tertiary/aromatic N) is 3. The first-order valence-electron chi connectivity index (χ1n) is 9.85. The van der Waals surface area contributed by atoms with Gasteiger partial charge in [-0.1, -0.05) is 42.1 Å². The molecule has 1 saturated heterocycles. The van der Waals surface area contributed by atoms with Crippen LogP contribution < -0.4 is 14.4 Å². The number of para-hydroxylation sites is 3. The van der Waals surface area contributed by atoms with Gasteiger partial charge in [0.2, 0.25) is 5.91 Å². The van der Waals surface area contributed by atoms with Crippen LogP contribution in [0.3, 0.4) is 0 Å². The highest BCUT2D eigenvalue weighted by Crippen LogP contribution is 2.45. The number of thioether (sulfide) groups is 1. The monoisotopic (exact) mass is 421 g/mol. The molecule has 0 bridgehead atoms. The van der Waals surface area contributed by atoms with E-state index in [1.165, 1.54) is 11.8 Å². The van der Waals surface area contributed by atoms with E-state index in [4.69, 9.17) is 9.47 Å². The lowest BCUT2D eigenvalue weighted by Gasteiger charge is -2.42. The lowest BCUT2D eigenvalue weighted by Crippen LogP contribution is -2.47. The SMILES string of the molecule is CCOc1ccccc1N1CSC2=C(C#N)[C@H](c3ccccc3OC)CC(=O)N2C1. The largest absolute Gasteiger partial charge is 0.496 e. The molecule has 2 heterocycles. The van der Waals surface area contributed by atoms with Crippen molar-refractivity contribution in [2.24, 2.45) is 0 Å². The third-order valence-corrected chi connectivity index (χ3v) is 6.47. The van der Waals surface area contributed by atoms with Crippen molar-refractivity contribution in [3.63, 3.8) is 0 Å². The number of rotatable bonds is 5. The summed E-state index contributed by atoms with van der Waals surface area (Å²) in [6, 6.07) is 17.8. The zero-order valence-corrected chi connectivity index (χ0v) is 17.8. The molecule has 2 aliphatic heterocycles. The molecule has 2 aliphatic rings. The summed E-state index contributed by atoms with van der Waals surface area (Å²) in [4.78, 5) is 17.0. The van der Waals surface area contributed by atoms with Gasteiger partial charge in [-0.25, -0.2) is 0 Å². The first-order chi connectivity index (χ1) is 14.7. The summed E-state index contributed by atoms with van der Waals surface area (Å²) in [6.07, 6.45) is 0.244. The van der Waals surface area contributed by atoms with Crippen LogP contribution >= 0.6 is 11.8 Å². The predicted octanol–water partition coefficient (Wildman–Crippen LogP) is 4.31. The highest BCUT2D eigenvalue weighted by Gasteiger charge is 2.39. The summed E-state index contributed by atoms with van der Waals surface area (Å²) in [5.74, 6) is 1.84. The molecule has 4 rings (SSSR count). The van der Waals surface area contributed by atoms with Crippen LogP contribution in [0.5, 0.6) is 11.5 Å². The Morgan fingerprint density at radius 3 is 2.63 bits per heavy atom. The van der Waals surface area contributed by atoms with Gasteiger partial charge in [0.1, 0.15) is 11.5 Å². The van der Waals surface area contributed by atoms with Gasteiger partial charge < -0.3 is 14.4 Å². The van der Waals surface area contributed by atoms with E-state index in [0.29, 0.717) is 30.5 Å². The summed E-state index contributed by atoms with van der Waals surface area (Å²) >= 11 is 1.52. The summed E-state index contributed by atoms with van der Waals surface area (Å²) in [6.45, 7) is 2.92. The van der Waals surface area contributed by atoms with Crippen molar-refractivity contribution in [2.45, 2.75) is 19.3 Å². The fourth-order valence-corrected chi connectivity index (χ4v) is 5.09. The van der Waals surface area contributed by atoms with E-state index in [1.54, 1.807) is 12.0 Å². The van der Waals surface area contributed by atoms with Crippen molar-refractivity contribution in [1.82, 2.24) is 4.90 Å². The Morgan fingerprint density at radius 1 is 1.17 bits per heavy atom. The van der Waals surface area contributed by atoms with E-state index in [2.05, 4.69) is 11.0 Å². The number of fused-ring (bicyclic) bond motifs is 1. The van der Waals surface area contributed by atoms with E-state index in [0.717, 1.165) is 22.0 Å². The number of hydrogen-bond donors (Lipinski definition) is 0. The summed E-state index contributed by atoms with van der Waals surface area (Å²) in [7, 11) is 1.61. The minimum absolute atomic E-state index is 0.00555. The second-order valence-corrected chi connectivity index (χ2v) is 7.94. The van der Waals surface area contributed by atoms with E-state index in [9.17, 15) is 10.1 Å². The van der Waals surface area contributed by atoms with Gasteiger partial charge >= 0.3 is 0 Å². The molecule has 2 aromatic rings. The molecule has 7 heteroatoms. The van der Waals surface area contributed by atoms with Crippen molar-refractivity contribution in [2.75, 3.05) is 31.2 Å². The maximum Gasteiger partial charge on any atom is 0.229 e. The maximum atomic E-state index is 13.1. The van der Waals surface area contributed by atoms with Gasteiger partial charge in [-0.2, -0.15) is 5.26 Å². The minimum atomic E-state index is -0.292. The molecule has 1 fully saturated rings. The molecule has 0 aromatic heterocycles. The molecule has 30 heavy (non-hydrogen) atoms. The molecule has 154 valence electrons. The first kappa shape index (κ1) is 20.2. The van der Waals surface area contributed by atoms with Crippen molar-refractivity contribution in [3.05, 3.63) is 64.7 Å². The number of methoxy groups -OCH3 is 1. The number of carbonyl (C=O) groups excluding carboxylic acids is 1. The maximum absolute atomic E-state index is 13.1. The Kier molecular flexibility index (Phi) is 5.86. The number of allylic oxidation sites excluding steroid dienone is 1. The molecule has 0 aliphatic carbocycles. The van der Waals surface area contributed by atoms with Gasteiger partial charge in [0.25, 0.3) is 0 Å². The van der Waals surface area contributed by atoms with Crippen LogP contribution in [0, 0.1) is 11.3 Å². The average Bonchev–Trinajstić information content (AvgIpc) is 2.79. The van der Waals surface area contributed by atoms with Gasteiger partial charge in [0.15, 0.2) is 0 Å². The number of anilines is 1. The lowest BCUT2D eigenvalue weighted by atomic mass is 9.86. The third kappa shape index (κ3) is 3.59. The van der Waals surface area contributed by atoms with Gasteiger partial charge in [-0.15, -0.1) is 0 Å². The third-order valence-electron chi connectivity index (χ3n) is 5.31. The smallest absolute Gasteiger partial charge is 0.229 e.